The number of methoxy groups -OCH3 is 1. The summed E-state index contributed by atoms with van der Waals surface area (Å²) in [5, 5.41) is 2.68. The number of amides is 1. The lowest BCUT2D eigenvalue weighted by atomic mass is 10.2. The van der Waals surface area contributed by atoms with Gasteiger partial charge in [0.05, 0.1) is 18.9 Å². The predicted octanol–water partition coefficient (Wildman–Crippen LogP) is 2.26. The minimum Gasteiger partial charge on any atom is -0.465 e. The fourth-order valence-electron chi connectivity index (χ4n) is 2.41. The Hall–Kier alpha value is -2.71. The summed E-state index contributed by atoms with van der Waals surface area (Å²) in [6.07, 6.45) is 1.14. The van der Waals surface area contributed by atoms with Crippen molar-refractivity contribution in [2.45, 2.75) is 13.0 Å². The van der Waals surface area contributed by atoms with E-state index in [9.17, 15) is 18.0 Å². The van der Waals surface area contributed by atoms with Crippen molar-refractivity contribution in [2.75, 3.05) is 25.2 Å². The first-order chi connectivity index (χ1) is 12.8. The standard InChI is InChI=1S/C19H22N2O5S/c1-26-19(23)16-8-10-17(11-9-16)20-18(22)12-13-21(27(2,24)25)14-15-6-4-3-5-7-15/h3-11H,12-14H2,1-2H3,(H,20,22). The van der Waals surface area contributed by atoms with Crippen molar-refractivity contribution < 1.29 is 22.7 Å². The third-order valence-electron chi connectivity index (χ3n) is 3.85. The SMILES string of the molecule is COC(=O)c1ccc(NC(=O)CCN(Cc2ccccc2)S(C)(=O)=O)cc1. The van der Waals surface area contributed by atoms with E-state index >= 15 is 0 Å². The molecule has 0 unspecified atom stereocenters. The molecule has 0 fully saturated rings. The van der Waals surface area contributed by atoms with Crippen molar-refractivity contribution in [1.29, 1.82) is 0 Å². The Kier molecular flexibility index (Phi) is 7.09. The van der Waals surface area contributed by atoms with Crippen LogP contribution in [0.5, 0.6) is 0 Å². The molecule has 8 heteroatoms. The van der Waals surface area contributed by atoms with Gasteiger partial charge < -0.3 is 10.1 Å². The summed E-state index contributed by atoms with van der Waals surface area (Å²) < 4.78 is 29.9. The number of hydrogen-bond acceptors (Lipinski definition) is 5. The number of rotatable bonds is 8. The summed E-state index contributed by atoms with van der Waals surface area (Å²) in [4.78, 5) is 23.5. The molecule has 2 aromatic carbocycles. The van der Waals surface area contributed by atoms with Crippen molar-refractivity contribution in [1.82, 2.24) is 4.31 Å². The fourth-order valence-corrected chi connectivity index (χ4v) is 3.21. The van der Waals surface area contributed by atoms with Crippen LogP contribution in [-0.2, 0) is 26.1 Å². The minimum atomic E-state index is -3.45. The number of esters is 1. The first kappa shape index (κ1) is 20.6. The van der Waals surface area contributed by atoms with Gasteiger partial charge in [-0.15, -0.1) is 0 Å². The van der Waals surface area contributed by atoms with Crippen molar-refractivity contribution >= 4 is 27.6 Å². The highest BCUT2D eigenvalue weighted by Gasteiger charge is 2.18. The maximum atomic E-state index is 12.1. The van der Waals surface area contributed by atoms with Gasteiger partial charge in [-0.25, -0.2) is 13.2 Å². The number of carbonyl (C=O) groups is 2. The van der Waals surface area contributed by atoms with Crippen LogP contribution in [0.2, 0.25) is 0 Å². The minimum absolute atomic E-state index is 0.0126. The Balaban J connectivity index is 1.94. The molecular weight excluding hydrogens is 368 g/mol. The molecular formula is C19H22N2O5S. The van der Waals surface area contributed by atoms with Gasteiger partial charge in [0.1, 0.15) is 0 Å². The maximum Gasteiger partial charge on any atom is 0.337 e. The van der Waals surface area contributed by atoms with E-state index in [1.54, 1.807) is 24.3 Å². The third-order valence-corrected chi connectivity index (χ3v) is 5.10. The zero-order valence-electron chi connectivity index (χ0n) is 15.2. The summed E-state index contributed by atoms with van der Waals surface area (Å²) in [6.45, 7) is 0.278. The van der Waals surface area contributed by atoms with Crippen LogP contribution in [-0.4, -0.2) is 44.5 Å². The molecule has 0 saturated carbocycles. The topological polar surface area (TPSA) is 92.8 Å². The maximum absolute atomic E-state index is 12.1. The van der Waals surface area contributed by atoms with E-state index in [1.165, 1.54) is 11.4 Å². The highest BCUT2D eigenvalue weighted by atomic mass is 32.2. The zero-order chi connectivity index (χ0) is 19.9. The van der Waals surface area contributed by atoms with Crippen LogP contribution in [0.25, 0.3) is 0 Å². The van der Waals surface area contributed by atoms with Crippen LogP contribution in [0.1, 0.15) is 22.3 Å². The first-order valence-electron chi connectivity index (χ1n) is 8.27. The molecule has 0 spiro atoms. The molecule has 27 heavy (non-hydrogen) atoms. The highest BCUT2D eigenvalue weighted by molar-refractivity contribution is 7.88. The normalized spacial score (nSPS) is 11.2. The predicted molar refractivity (Wildman–Crippen MR) is 103 cm³/mol. The van der Waals surface area contributed by atoms with Crippen LogP contribution in [0.15, 0.2) is 54.6 Å². The van der Waals surface area contributed by atoms with Crippen molar-refractivity contribution in [3.05, 3.63) is 65.7 Å². The number of benzene rings is 2. The Bertz CT molecular complexity index is 880. The van der Waals surface area contributed by atoms with Gasteiger partial charge in [0.2, 0.25) is 15.9 Å². The number of anilines is 1. The van der Waals surface area contributed by atoms with Gasteiger partial charge in [-0.05, 0) is 29.8 Å². The van der Waals surface area contributed by atoms with Crippen LogP contribution in [0.3, 0.4) is 0 Å². The molecule has 1 N–H and O–H groups in total. The number of nitrogens with one attached hydrogen (secondary N) is 1. The molecule has 2 aromatic rings. The Labute approximate surface area is 159 Å². The van der Waals surface area contributed by atoms with Crippen LogP contribution in [0.4, 0.5) is 5.69 Å². The second-order valence-corrected chi connectivity index (χ2v) is 7.93. The van der Waals surface area contributed by atoms with Gasteiger partial charge in [0.25, 0.3) is 0 Å². The lowest BCUT2D eigenvalue weighted by Crippen LogP contribution is -2.32. The average Bonchev–Trinajstić information content (AvgIpc) is 2.65. The molecule has 0 aliphatic carbocycles. The number of sulfonamides is 1. The molecule has 0 aliphatic heterocycles. The number of nitrogens with zero attached hydrogens (tertiary/aromatic N) is 1. The van der Waals surface area contributed by atoms with E-state index in [0.29, 0.717) is 11.3 Å². The first-order valence-corrected chi connectivity index (χ1v) is 10.1. The molecule has 0 atom stereocenters. The zero-order valence-corrected chi connectivity index (χ0v) is 16.0. The smallest absolute Gasteiger partial charge is 0.337 e. The fraction of sp³-hybridized carbons (Fsp3) is 0.263. The molecule has 1 amide bonds. The van der Waals surface area contributed by atoms with Crippen molar-refractivity contribution in [3.8, 4) is 0 Å². The molecule has 2 rings (SSSR count). The molecule has 0 radical (unpaired) electrons. The largest absolute Gasteiger partial charge is 0.465 e. The second kappa shape index (κ2) is 9.29. The van der Waals surface area contributed by atoms with Gasteiger partial charge in [-0.3, -0.25) is 4.79 Å². The quantitative estimate of drug-likeness (QED) is 0.698. The number of ether oxygens (including phenoxy) is 1. The Morgan fingerprint density at radius 3 is 2.22 bits per heavy atom. The van der Waals surface area contributed by atoms with E-state index in [2.05, 4.69) is 10.1 Å². The number of carbonyl (C=O) groups excluding carboxylic acids is 2. The average molecular weight is 390 g/mol. The highest BCUT2D eigenvalue weighted by Crippen LogP contribution is 2.12. The molecule has 0 saturated heterocycles. The van der Waals surface area contributed by atoms with E-state index in [0.717, 1.165) is 11.8 Å². The Morgan fingerprint density at radius 2 is 1.67 bits per heavy atom. The van der Waals surface area contributed by atoms with Gasteiger partial charge in [-0.2, -0.15) is 4.31 Å². The molecule has 0 aromatic heterocycles. The van der Waals surface area contributed by atoms with Crippen LogP contribution >= 0.6 is 0 Å². The summed E-state index contributed by atoms with van der Waals surface area (Å²) in [6, 6.07) is 15.4. The van der Waals surface area contributed by atoms with E-state index in [4.69, 9.17) is 0 Å². The molecule has 0 heterocycles. The summed E-state index contributed by atoms with van der Waals surface area (Å²) >= 11 is 0. The van der Waals surface area contributed by atoms with Gasteiger partial charge >= 0.3 is 5.97 Å². The lowest BCUT2D eigenvalue weighted by molar-refractivity contribution is -0.116. The van der Waals surface area contributed by atoms with Gasteiger partial charge in [0.15, 0.2) is 0 Å². The van der Waals surface area contributed by atoms with E-state index in [1.807, 2.05) is 30.3 Å². The van der Waals surface area contributed by atoms with Gasteiger partial charge in [0, 0.05) is 25.2 Å². The van der Waals surface area contributed by atoms with E-state index < -0.39 is 16.0 Å². The van der Waals surface area contributed by atoms with Crippen LogP contribution in [0, 0.1) is 0 Å². The van der Waals surface area contributed by atoms with Crippen molar-refractivity contribution in [3.63, 3.8) is 0 Å². The van der Waals surface area contributed by atoms with Crippen LogP contribution < -0.4 is 5.32 Å². The van der Waals surface area contributed by atoms with E-state index in [-0.39, 0.29) is 25.4 Å². The molecule has 7 nitrogen and oxygen atoms in total. The monoisotopic (exact) mass is 390 g/mol. The summed E-state index contributed by atoms with van der Waals surface area (Å²) in [7, 11) is -2.16. The molecule has 0 aliphatic rings. The summed E-state index contributed by atoms with van der Waals surface area (Å²) in [5.41, 5.74) is 1.74. The lowest BCUT2D eigenvalue weighted by Gasteiger charge is -2.19. The van der Waals surface area contributed by atoms with Crippen molar-refractivity contribution in [2.24, 2.45) is 0 Å². The summed E-state index contributed by atoms with van der Waals surface area (Å²) in [5.74, 6) is -0.778. The number of hydrogen-bond donors (Lipinski definition) is 1. The molecule has 144 valence electrons. The second-order valence-electron chi connectivity index (χ2n) is 5.95. The molecule has 0 bridgehead atoms. The third kappa shape index (κ3) is 6.50. The van der Waals surface area contributed by atoms with Gasteiger partial charge in [-0.1, -0.05) is 30.3 Å². The Morgan fingerprint density at radius 1 is 1.04 bits per heavy atom.